The molecule has 0 aromatic rings. The quantitative estimate of drug-likeness (QED) is 0.773. The third kappa shape index (κ3) is 3.96. The Morgan fingerprint density at radius 2 is 2.00 bits per heavy atom. The minimum absolute atomic E-state index is 0.0228. The zero-order valence-electron chi connectivity index (χ0n) is 11.3. The van der Waals surface area contributed by atoms with Crippen molar-refractivity contribution in [2.75, 3.05) is 20.3 Å². The summed E-state index contributed by atoms with van der Waals surface area (Å²) in [4.78, 5) is 13.3. The Morgan fingerprint density at radius 1 is 1.35 bits per heavy atom. The van der Waals surface area contributed by atoms with E-state index in [2.05, 4.69) is 25.7 Å². The molecule has 0 saturated carbocycles. The van der Waals surface area contributed by atoms with Gasteiger partial charge in [-0.05, 0) is 32.7 Å². The summed E-state index contributed by atoms with van der Waals surface area (Å²) in [5.74, 6) is -0.419. The number of carbonyl (C=O) groups is 1. The number of hydrogen-bond donors (Lipinski definition) is 1. The van der Waals surface area contributed by atoms with Crippen molar-refractivity contribution >= 4 is 5.97 Å². The van der Waals surface area contributed by atoms with Gasteiger partial charge >= 0.3 is 5.97 Å². The van der Waals surface area contributed by atoms with Crippen molar-refractivity contribution in [2.24, 2.45) is 11.8 Å². The van der Waals surface area contributed by atoms with Crippen LogP contribution >= 0.6 is 0 Å². The normalized spacial score (nSPS) is 26.7. The first-order valence-electron chi connectivity index (χ1n) is 6.46. The number of hydrogen-bond acceptors (Lipinski definition) is 3. The molecule has 4 heteroatoms. The highest BCUT2D eigenvalue weighted by atomic mass is 16.5. The number of carboxylic acid groups (broad SMARTS) is 1. The summed E-state index contributed by atoms with van der Waals surface area (Å²) in [6, 6.07) is 0.431. The summed E-state index contributed by atoms with van der Waals surface area (Å²) in [5, 5.41) is 9.13. The molecule has 0 amide bonds. The van der Waals surface area contributed by atoms with E-state index in [1.54, 1.807) is 0 Å². The minimum atomic E-state index is -0.740. The molecule has 3 atom stereocenters. The lowest BCUT2D eigenvalue weighted by Gasteiger charge is -2.32. The third-order valence-electron chi connectivity index (χ3n) is 3.75. The first-order valence-corrected chi connectivity index (χ1v) is 6.46. The topological polar surface area (TPSA) is 49.8 Å². The Hall–Kier alpha value is -0.610. The first kappa shape index (κ1) is 14.5. The Bertz CT molecular complexity index is 255. The molecule has 0 radical (unpaired) electrons. The average molecular weight is 243 g/mol. The summed E-state index contributed by atoms with van der Waals surface area (Å²) >= 11 is 0. The maximum atomic E-state index is 11.1. The zero-order chi connectivity index (χ0) is 13.0. The van der Waals surface area contributed by atoms with E-state index in [0.717, 1.165) is 6.42 Å². The predicted octanol–water partition coefficient (Wildman–Crippen LogP) is 1.84. The lowest BCUT2D eigenvalue weighted by atomic mass is 9.98. The van der Waals surface area contributed by atoms with Gasteiger partial charge in [0, 0.05) is 12.1 Å². The summed E-state index contributed by atoms with van der Waals surface area (Å²) in [7, 11) is 2.01. The molecular weight excluding hydrogens is 218 g/mol. The average Bonchev–Trinajstić information content (AvgIpc) is 2.73. The molecule has 1 N–H and O–H groups in total. The summed E-state index contributed by atoms with van der Waals surface area (Å²) < 4.78 is 5.31. The van der Waals surface area contributed by atoms with Crippen LogP contribution in [-0.2, 0) is 9.53 Å². The number of carboxylic acids is 1. The van der Waals surface area contributed by atoms with Crippen LogP contribution in [0.3, 0.4) is 0 Å². The molecule has 0 aromatic heterocycles. The SMILES string of the molecule is CC(C)CCC(C)N(C)C1COCC1C(=O)O. The smallest absolute Gasteiger partial charge is 0.310 e. The highest BCUT2D eigenvalue weighted by Crippen LogP contribution is 2.22. The fourth-order valence-corrected chi connectivity index (χ4v) is 2.29. The van der Waals surface area contributed by atoms with Crippen LogP contribution < -0.4 is 0 Å². The van der Waals surface area contributed by atoms with E-state index in [1.165, 1.54) is 6.42 Å². The first-order chi connectivity index (χ1) is 7.93. The van der Waals surface area contributed by atoms with E-state index in [0.29, 0.717) is 25.2 Å². The Labute approximate surface area is 104 Å². The molecule has 1 aliphatic rings. The lowest BCUT2D eigenvalue weighted by molar-refractivity contribution is -0.143. The van der Waals surface area contributed by atoms with Gasteiger partial charge in [-0.2, -0.15) is 0 Å². The number of rotatable bonds is 6. The van der Waals surface area contributed by atoms with Gasteiger partial charge < -0.3 is 9.84 Å². The van der Waals surface area contributed by atoms with E-state index in [1.807, 2.05) is 7.05 Å². The van der Waals surface area contributed by atoms with Gasteiger partial charge in [-0.3, -0.25) is 9.69 Å². The van der Waals surface area contributed by atoms with Gasteiger partial charge in [-0.15, -0.1) is 0 Å². The van der Waals surface area contributed by atoms with Gasteiger partial charge in [-0.1, -0.05) is 13.8 Å². The summed E-state index contributed by atoms with van der Waals surface area (Å²) in [5.41, 5.74) is 0. The molecule has 0 aromatic carbocycles. The van der Waals surface area contributed by atoms with Crippen molar-refractivity contribution < 1.29 is 14.6 Å². The second kappa shape index (κ2) is 6.36. The van der Waals surface area contributed by atoms with E-state index in [-0.39, 0.29) is 12.0 Å². The predicted molar refractivity (Wildman–Crippen MR) is 67.0 cm³/mol. The highest BCUT2D eigenvalue weighted by Gasteiger charge is 2.37. The molecule has 1 aliphatic heterocycles. The monoisotopic (exact) mass is 243 g/mol. The maximum absolute atomic E-state index is 11.1. The molecule has 100 valence electrons. The molecule has 0 aliphatic carbocycles. The van der Waals surface area contributed by atoms with Gasteiger partial charge in [0.15, 0.2) is 0 Å². The number of ether oxygens (including phenoxy) is 1. The maximum Gasteiger partial charge on any atom is 0.310 e. The van der Waals surface area contributed by atoms with Crippen LogP contribution in [0.4, 0.5) is 0 Å². The Kier molecular flexibility index (Phi) is 5.40. The number of nitrogens with zero attached hydrogens (tertiary/aromatic N) is 1. The van der Waals surface area contributed by atoms with E-state index in [9.17, 15) is 4.79 Å². The molecular formula is C13H25NO3. The molecule has 1 fully saturated rings. The number of likely N-dealkylation sites (N-methyl/N-ethyl adjacent to an activating group) is 1. The van der Waals surface area contributed by atoms with Crippen molar-refractivity contribution in [1.29, 1.82) is 0 Å². The van der Waals surface area contributed by atoms with Gasteiger partial charge in [0.2, 0.25) is 0 Å². The second-order valence-corrected chi connectivity index (χ2v) is 5.54. The molecule has 0 bridgehead atoms. The van der Waals surface area contributed by atoms with E-state index >= 15 is 0 Å². The Morgan fingerprint density at radius 3 is 2.53 bits per heavy atom. The summed E-state index contributed by atoms with van der Waals surface area (Å²) in [6.07, 6.45) is 2.29. The van der Waals surface area contributed by atoms with Crippen LogP contribution in [0.5, 0.6) is 0 Å². The fourth-order valence-electron chi connectivity index (χ4n) is 2.29. The van der Waals surface area contributed by atoms with Crippen molar-refractivity contribution in [3.8, 4) is 0 Å². The van der Waals surface area contributed by atoms with Gasteiger partial charge in [0.25, 0.3) is 0 Å². The van der Waals surface area contributed by atoms with Crippen LogP contribution in [0.1, 0.15) is 33.6 Å². The van der Waals surface area contributed by atoms with Gasteiger partial charge in [0.05, 0.1) is 19.1 Å². The molecule has 4 nitrogen and oxygen atoms in total. The van der Waals surface area contributed by atoms with Gasteiger partial charge in [-0.25, -0.2) is 0 Å². The number of aliphatic carboxylic acids is 1. The Balaban J connectivity index is 2.50. The second-order valence-electron chi connectivity index (χ2n) is 5.54. The largest absolute Gasteiger partial charge is 0.481 e. The van der Waals surface area contributed by atoms with Crippen molar-refractivity contribution in [1.82, 2.24) is 4.90 Å². The van der Waals surface area contributed by atoms with Crippen LogP contribution in [0.25, 0.3) is 0 Å². The standard InChI is InChI=1S/C13H25NO3/c1-9(2)5-6-10(3)14(4)12-8-17-7-11(12)13(15)16/h9-12H,5-8H2,1-4H3,(H,15,16). The molecule has 1 heterocycles. The third-order valence-corrected chi connectivity index (χ3v) is 3.75. The minimum Gasteiger partial charge on any atom is -0.481 e. The van der Waals surface area contributed by atoms with Gasteiger partial charge in [0.1, 0.15) is 0 Å². The fraction of sp³-hybridized carbons (Fsp3) is 0.923. The van der Waals surface area contributed by atoms with Crippen molar-refractivity contribution in [2.45, 2.75) is 45.7 Å². The van der Waals surface area contributed by atoms with Crippen molar-refractivity contribution in [3.63, 3.8) is 0 Å². The summed E-state index contributed by atoms with van der Waals surface area (Å²) in [6.45, 7) is 7.48. The zero-order valence-corrected chi connectivity index (χ0v) is 11.3. The van der Waals surface area contributed by atoms with E-state index < -0.39 is 5.97 Å². The van der Waals surface area contributed by atoms with Crippen molar-refractivity contribution in [3.05, 3.63) is 0 Å². The van der Waals surface area contributed by atoms with Crippen LogP contribution in [-0.4, -0.2) is 48.3 Å². The lowest BCUT2D eigenvalue weighted by Crippen LogP contribution is -2.45. The van der Waals surface area contributed by atoms with E-state index in [4.69, 9.17) is 9.84 Å². The van der Waals surface area contributed by atoms with Crippen LogP contribution in [0.15, 0.2) is 0 Å². The van der Waals surface area contributed by atoms with Crippen LogP contribution in [0.2, 0.25) is 0 Å². The molecule has 1 saturated heterocycles. The molecule has 1 rings (SSSR count). The van der Waals surface area contributed by atoms with Crippen LogP contribution in [0, 0.1) is 11.8 Å². The molecule has 3 unspecified atom stereocenters. The molecule has 0 spiro atoms. The molecule has 17 heavy (non-hydrogen) atoms. The highest BCUT2D eigenvalue weighted by molar-refractivity contribution is 5.71.